The van der Waals surface area contributed by atoms with Crippen LogP contribution in [0.15, 0.2) is 42.6 Å². The Balaban J connectivity index is 1.29. The lowest BCUT2D eigenvalue weighted by atomic mass is 10.1. The number of halogens is 1. The number of amides is 1. The number of nitrogens with zero attached hydrogens (tertiary/aromatic N) is 4. The van der Waals surface area contributed by atoms with Crippen molar-refractivity contribution >= 4 is 22.6 Å². The zero-order valence-electron chi connectivity index (χ0n) is 17.9. The summed E-state index contributed by atoms with van der Waals surface area (Å²) in [7, 11) is 0. The average Bonchev–Trinajstić information content (AvgIpc) is 2.81. The number of ether oxygens (including phenoxy) is 1. The Morgan fingerprint density at radius 3 is 2.76 bits per heavy atom. The third-order valence-corrected chi connectivity index (χ3v) is 6.07. The van der Waals surface area contributed by atoms with Gasteiger partial charge in [-0.05, 0) is 24.3 Å². The fourth-order valence-electron chi connectivity index (χ4n) is 4.22. The second kappa shape index (κ2) is 8.99. The predicted molar refractivity (Wildman–Crippen MR) is 121 cm³/mol. The van der Waals surface area contributed by atoms with Gasteiger partial charge in [-0.1, -0.05) is 12.1 Å². The van der Waals surface area contributed by atoms with Gasteiger partial charge < -0.3 is 20.9 Å². The number of aromatic nitrogens is 2. The first-order valence-electron chi connectivity index (χ1n) is 10.9. The molecule has 33 heavy (non-hydrogen) atoms. The van der Waals surface area contributed by atoms with Gasteiger partial charge in [-0.15, -0.1) is 0 Å². The van der Waals surface area contributed by atoms with Crippen LogP contribution in [0.3, 0.4) is 0 Å². The van der Waals surface area contributed by atoms with Crippen molar-refractivity contribution in [3.63, 3.8) is 0 Å². The summed E-state index contributed by atoms with van der Waals surface area (Å²) in [6.07, 6.45) is 0.766. The summed E-state index contributed by atoms with van der Waals surface area (Å²) in [4.78, 5) is 25.5. The summed E-state index contributed by atoms with van der Waals surface area (Å²) in [6, 6.07) is 9.53. The molecule has 0 spiro atoms. The summed E-state index contributed by atoms with van der Waals surface area (Å²) >= 11 is 0. The molecule has 2 aromatic heterocycles. The average molecular weight is 452 g/mol. The van der Waals surface area contributed by atoms with Crippen LogP contribution in [-0.2, 0) is 4.74 Å². The molecule has 2 aliphatic rings. The topological polar surface area (TPSA) is 117 Å². The van der Waals surface area contributed by atoms with E-state index in [1.807, 2.05) is 9.80 Å². The summed E-state index contributed by atoms with van der Waals surface area (Å²) in [5.74, 6) is -0.441. The molecule has 9 nitrogen and oxygen atoms in total. The van der Waals surface area contributed by atoms with Crippen LogP contribution in [0.25, 0.3) is 22.2 Å². The van der Waals surface area contributed by atoms with Crippen LogP contribution < -0.4 is 11.1 Å². The maximum Gasteiger partial charge on any atom is 0.253 e. The molecule has 2 fully saturated rings. The lowest BCUT2D eigenvalue weighted by Crippen LogP contribution is -2.66. The smallest absolute Gasteiger partial charge is 0.253 e. The molecule has 2 aliphatic heterocycles. The van der Waals surface area contributed by atoms with Crippen LogP contribution in [0.4, 0.5) is 10.2 Å². The highest BCUT2D eigenvalue weighted by atomic mass is 19.1. The van der Waals surface area contributed by atoms with Crippen molar-refractivity contribution in [2.24, 2.45) is 0 Å². The van der Waals surface area contributed by atoms with E-state index in [4.69, 9.17) is 10.5 Å². The first kappa shape index (κ1) is 21.7. The summed E-state index contributed by atoms with van der Waals surface area (Å²) < 4.78 is 18.9. The highest BCUT2D eigenvalue weighted by Crippen LogP contribution is 2.26. The maximum atomic E-state index is 13.6. The zero-order valence-corrected chi connectivity index (χ0v) is 17.9. The molecule has 3 aromatic rings. The molecule has 0 bridgehead atoms. The Kier molecular flexibility index (Phi) is 5.90. The monoisotopic (exact) mass is 452 g/mol. The van der Waals surface area contributed by atoms with E-state index in [-0.39, 0.29) is 23.6 Å². The van der Waals surface area contributed by atoms with Gasteiger partial charge in [0, 0.05) is 43.3 Å². The molecule has 0 aliphatic carbocycles. The number of hydrogen-bond donors (Lipinski definition) is 3. The molecule has 1 amide bonds. The second-order valence-corrected chi connectivity index (χ2v) is 8.28. The number of rotatable bonds is 5. The number of nitrogen functional groups attached to an aromatic ring is 1. The van der Waals surface area contributed by atoms with E-state index >= 15 is 0 Å². The molecular formula is C23H25FN6O3. The molecular weight excluding hydrogens is 427 g/mol. The van der Waals surface area contributed by atoms with Crippen molar-refractivity contribution in [1.29, 1.82) is 0 Å². The Labute approximate surface area is 190 Å². The minimum Gasteiger partial charge on any atom is -0.382 e. The molecule has 2 saturated heterocycles. The van der Waals surface area contributed by atoms with Crippen LogP contribution in [0.1, 0.15) is 10.4 Å². The van der Waals surface area contributed by atoms with Crippen LogP contribution in [0.5, 0.6) is 0 Å². The Hall–Kier alpha value is -3.18. The van der Waals surface area contributed by atoms with Gasteiger partial charge in [-0.2, -0.15) is 0 Å². The zero-order chi connectivity index (χ0) is 22.9. The minimum atomic E-state index is -0.675. The van der Waals surface area contributed by atoms with Crippen molar-refractivity contribution in [3.05, 3.63) is 54.0 Å². The fraction of sp³-hybridized carbons (Fsp3) is 0.348. The van der Waals surface area contributed by atoms with E-state index in [1.54, 1.807) is 24.3 Å². The number of anilines is 1. The van der Waals surface area contributed by atoms with Crippen LogP contribution in [0, 0.1) is 5.82 Å². The van der Waals surface area contributed by atoms with Crippen molar-refractivity contribution < 1.29 is 19.0 Å². The molecule has 4 N–H and O–H groups in total. The van der Waals surface area contributed by atoms with Gasteiger partial charge in [-0.25, -0.2) is 14.4 Å². The van der Waals surface area contributed by atoms with E-state index in [9.17, 15) is 14.3 Å². The molecule has 5 rings (SSSR count). The predicted octanol–water partition coefficient (Wildman–Crippen LogP) is 1.04. The number of nitrogens with two attached hydrogens (primary N) is 1. The quantitative estimate of drug-likeness (QED) is 0.526. The van der Waals surface area contributed by atoms with E-state index in [0.29, 0.717) is 67.1 Å². The molecule has 10 heteroatoms. The normalized spacial score (nSPS) is 18.7. The highest BCUT2D eigenvalue weighted by Gasteiger charge is 2.36. The number of aliphatic hydroxyl groups is 1. The number of hydrogen-bond acceptors (Lipinski definition) is 8. The molecule has 1 atom stereocenters. The Bertz CT molecular complexity index is 1180. The molecule has 1 aromatic carbocycles. The van der Waals surface area contributed by atoms with Gasteiger partial charge in [0.25, 0.3) is 5.91 Å². The number of morpholine rings is 1. The van der Waals surface area contributed by atoms with Crippen LogP contribution in [0.2, 0.25) is 0 Å². The second-order valence-electron chi connectivity index (χ2n) is 8.28. The summed E-state index contributed by atoms with van der Waals surface area (Å²) in [5, 5.41) is 14.1. The number of carbonyl (C=O) groups is 1. The molecule has 0 radical (unpaired) electrons. The highest BCUT2D eigenvalue weighted by molar-refractivity contribution is 6.08. The number of benzene rings is 1. The van der Waals surface area contributed by atoms with E-state index in [1.165, 1.54) is 18.3 Å². The lowest BCUT2D eigenvalue weighted by Gasteiger charge is -2.46. The fourth-order valence-corrected chi connectivity index (χ4v) is 4.22. The van der Waals surface area contributed by atoms with Crippen molar-refractivity contribution in [3.8, 4) is 11.3 Å². The van der Waals surface area contributed by atoms with Gasteiger partial charge in [0.1, 0.15) is 17.2 Å². The SMILES string of the molecule is Nc1ncc(C(=O)NC2CN(C(O)N3CCOCC3)C2)c2ccc(-c3cccc(F)c3)nc12. The number of pyridine rings is 2. The molecule has 172 valence electrons. The number of aliphatic hydroxyl groups excluding tert-OH is 1. The van der Waals surface area contributed by atoms with Gasteiger partial charge >= 0.3 is 0 Å². The van der Waals surface area contributed by atoms with Crippen LogP contribution >= 0.6 is 0 Å². The first-order valence-corrected chi connectivity index (χ1v) is 10.9. The van der Waals surface area contributed by atoms with Gasteiger partial charge in [-0.3, -0.25) is 14.6 Å². The Morgan fingerprint density at radius 1 is 1.21 bits per heavy atom. The first-order chi connectivity index (χ1) is 16.0. The third kappa shape index (κ3) is 4.38. The third-order valence-electron chi connectivity index (χ3n) is 6.07. The maximum absolute atomic E-state index is 13.6. The van der Waals surface area contributed by atoms with Gasteiger partial charge in [0.05, 0.1) is 30.5 Å². The summed E-state index contributed by atoms with van der Waals surface area (Å²) in [6.45, 7) is 3.68. The van der Waals surface area contributed by atoms with Crippen molar-refractivity contribution in [2.45, 2.75) is 12.4 Å². The number of carbonyl (C=O) groups excluding carboxylic acids is 1. The van der Waals surface area contributed by atoms with E-state index in [0.717, 1.165) is 0 Å². The molecule has 1 unspecified atom stereocenters. The van der Waals surface area contributed by atoms with Gasteiger partial charge in [0.15, 0.2) is 6.35 Å². The van der Waals surface area contributed by atoms with Crippen LogP contribution in [-0.4, -0.2) is 82.6 Å². The minimum absolute atomic E-state index is 0.0830. The lowest BCUT2D eigenvalue weighted by molar-refractivity contribution is -0.164. The van der Waals surface area contributed by atoms with Gasteiger partial charge in [0.2, 0.25) is 0 Å². The largest absolute Gasteiger partial charge is 0.382 e. The van der Waals surface area contributed by atoms with Crippen molar-refractivity contribution in [2.75, 3.05) is 45.1 Å². The standard InChI is InChI=1S/C23H25FN6O3/c24-15-3-1-2-14(10-15)19-5-4-17-18(11-26-21(25)20(17)28-19)22(31)27-16-12-30(13-16)23(32)29-6-8-33-9-7-29/h1-5,10-11,16,23,32H,6-9,12-13H2,(H2,25,26)(H,27,31). The van der Waals surface area contributed by atoms with E-state index in [2.05, 4.69) is 15.3 Å². The Morgan fingerprint density at radius 2 is 2.00 bits per heavy atom. The number of likely N-dealkylation sites (tertiary alicyclic amines) is 1. The molecule has 0 saturated carbocycles. The summed E-state index contributed by atoms with van der Waals surface area (Å²) in [5.41, 5.74) is 7.94. The number of fused-ring (bicyclic) bond motifs is 1. The molecule has 4 heterocycles. The number of nitrogens with one attached hydrogen (secondary N) is 1. The van der Waals surface area contributed by atoms with Crippen molar-refractivity contribution in [1.82, 2.24) is 25.1 Å². The van der Waals surface area contributed by atoms with E-state index < -0.39 is 6.35 Å².